The number of ether oxygens (including phenoxy) is 2. The van der Waals surface area contributed by atoms with E-state index >= 15 is 0 Å². The molecule has 0 saturated carbocycles. The van der Waals surface area contributed by atoms with Crippen molar-refractivity contribution >= 4 is 33.3 Å². The van der Waals surface area contributed by atoms with E-state index in [1.165, 1.54) is 32.4 Å². The van der Waals surface area contributed by atoms with Crippen LogP contribution in [0.2, 0.25) is 5.02 Å². The van der Waals surface area contributed by atoms with E-state index < -0.39 is 11.6 Å². The van der Waals surface area contributed by atoms with Crippen LogP contribution in [0.25, 0.3) is 0 Å². The molecular weight excluding hydrogens is 363 g/mol. The molecule has 0 unspecified atom stereocenters. The second-order valence-electron chi connectivity index (χ2n) is 4.14. The van der Waals surface area contributed by atoms with Gasteiger partial charge >= 0.3 is 0 Å². The maximum atomic E-state index is 13.9. The first-order valence-electron chi connectivity index (χ1n) is 5.89. The lowest BCUT2D eigenvalue weighted by Crippen LogP contribution is -2.06. The van der Waals surface area contributed by atoms with Gasteiger partial charge in [0.05, 0.1) is 19.8 Å². The average molecular weight is 374 g/mol. The SMILES string of the molecule is COc1cc(Br)c(C(=O)c2ccc(Cl)cc2F)cc1OC. The summed E-state index contributed by atoms with van der Waals surface area (Å²) in [5.41, 5.74) is 0.209. The standard InChI is InChI=1S/C15H11BrClFO3/c1-20-13-6-10(11(16)7-14(13)21-2)15(19)9-4-3-8(17)5-12(9)18/h3-7H,1-2H3. The van der Waals surface area contributed by atoms with Gasteiger partial charge in [0.1, 0.15) is 5.82 Å². The van der Waals surface area contributed by atoms with E-state index in [0.29, 0.717) is 16.0 Å². The summed E-state index contributed by atoms with van der Waals surface area (Å²) in [5.74, 6) is -0.290. The van der Waals surface area contributed by atoms with Crippen molar-refractivity contribution in [3.8, 4) is 11.5 Å². The molecule has 110 valence electrons. The molecule has 0 aliphatic carbocycles. The molecule has 0 N–H and O–H groups in total. The molecule has 0 aliphatic heterocycles. The highest BCUT2D eigenvalue weighted by Crippen LogP contribution is 2.34. The quantitative estimate of drug-likeness (QED) is 0.741. The maximum absolute atomic E-state index is 13.9. The van der Waals surface area contributed by atoms with Crippen molar-refractivity contribution in [1.29, 1.82) is 0 Å². The Balaban J connectivity index is 2.53. The minimum atomic E-state index is -0.672. The lowest BCUT2D eigenvalue weighted by molar-refractivity contribution is 0.103. The molecule has 2 aromatic rings. The third-order valence-corrected chi connectivity index (χ3v) is 3.78. The first kappa shape index (κ1) is 15.8. The monoisotopic (exact) mass is 372 g/mol. The topological polar surface area (TPSA) is 35.5 Å². The molecule has 0 amide bonds. The van der Waals surface area contributed by atoms with Crippen LogP contribution in [-0.4, -0.2) is 20.0 Å². The number of halogens is 3. The molecule has 2 aromatic carbocycles. The van der Waals surface area contributed by atoms with E-state index in [4.69, 9.17) is 21.1 Å². The Morgan fingerprint density at radius 1 is 1.10 bits per heavy atom. The summed E-state index contributed by atoms with van der Waals surface area (Å²) in [6.45, 7) is 0. The predicted octanol–water partition coefficient (Wildman–Crippen LogP) is 4.49. The fourth-order valence-corrected chi connectivity index (χ4v) is 2.51. The smallest absolute Gasteiger partial charge is 0.197 e. The molecule has 0 heterocycles. The molecule has 0 bridgehead atoms. The van der Waals surface area contributed by atoms with E-state index in [-0.39, 0.29) is 16.1 Å². The van der Waals surface area contributed by atoms with E-state index in [0.717, 1.165) is 6.07 Å². The molecule has 0 aromatic heterocycles. The molecule has 0 spiro atoms. The van der Waals surface area contributed by atoms with E-state index in [1.54, 1.807) is 6.07 Å². The van der Waals surface area contributed by atoms with Crippen LogP contribution in [0.5, 0.6) is 11.5 Å². The van der Waals surface area contributed by atoms with Crippen molar-refractivity contribution in [2.75, 3.05) is 14.2 Å². The van der Waals surface area contributed by atoms with Crippen molar-refractivity contribution in [3.05, 3.63) is 56.8 Å². The summed E-state index contributed by atoms with van der Waals surface area (Å²) >= 11 is 8.97. The Hall–Kier alpha value is -1.59. The first-order valence-corrected chi connectivity index (χ1v) is 7.06. The summed E-state index contributed by atoms with van der Waals surface area (Å²) in [6, 6.07) is 7.01. The van der Waals surface area contributed by atoms with Gasteiger partial charge in [0.15, 0.2) is 17.3 Å². The summed E-state index contributed by atoms with van der Waals surface area (Å²) < 4.78 is 24.6. The van der Waals surface area contributed by atoms with Crippen LogP contribution in [-0.2, 0) is 0 Å². The van der Waals surface area contributed by atoms with Crippen LogP contribution < -0.4 is 9.47 Å². The van der Waals surface area contributed by atoms with Crippen LogP contribution in [0.3, 0.4) is 0 Å². The Morgan fingerprint density at radius 2 is 1.71 bits per heavy atom. The highest BCUT2D eigenvalue weighted by atomic mass is 79.9. The van der Waals surface area contributed by atoms with Crippen molar-refractivity contribution in [1.82, 2.24) is 0 Å². The van der Waals surface area contributed by atoms with Gasteiger partial charge in [0.25, 0.3) is 0 Å². The number of methoxy groups -OCH3 is 2. The minimum absolute atomic E-state index is 0.0627. The van der Waals surface area contributed by atoms with Gasteiger partial charge in [0, 0.05) is 15.1 Å². The summed E-state index contributed by atoms with van der Waals surface area (Å²) in [7, 11) is 2.95. The van der Waals surface area contributed by atoms with Crippen LogP contribution in [0.15, 0.2) is 34.8 Å². The van der Waals surface area contributed by atoms with Crippen LogP contribution in [0, 0.1) is 5.82 Å². The third-order valence-electron chi connectivity index (χ3n) is 2.89. The maximum Gasteiger partial charge on any atom is 0.197 e. The number of carbonyl (C=O) groups excluding carboxylic acids is 1. The first-order chi connectivity index (χ1) is 9.97. The molecular formula is C15H11BrClFO3. The number of hydrogen-bond acceptors (Lipinski definition) is 3. The van der Waals surface area contributed by atoms with Gasteiger partial charge in [-0.05, 0) is 46.3 Å². The van der Waals surface area contributed by atoms with E-state index in [2.05, 4.69) is 15.9 Å². The second kappa shape index (κ2) is 6.45. The second-order valence-corrected chi connectivity index (χ2v) is 5.43. The summed E-state index contributed by atoms with van der Waals surface area (Å²) in [6.07, 6.45) is 0. The number of carbonyl (C=O) groups is 1. The minimum Gasteiger partial charge on any atom is -0.493 e. The zero-order valence-electron chi connectivity index (χ0n) is 11.2. The lowest BCUT2D eigenvalue weighted by atomic mass is 10.0. The van der Waals surface area contributed by atoms with E-state index in [1.807, 2.05) is 0 Å². The molecule has 0 fully saturated rings. The van der Waals surface area contributed by atoms with Gasteiger partial charge in [-0.1, -0.05) is 11.6 Å². The van der Waals surface area contributed by atoms with E-state index in [9.17, 15) is 9.18 Å². The molecule has 2 rings (SSSR count). The van der Waals surface area contributed by atoms with Crippen molar-refractivity contribution in [2.45, 2.75) is 0 Å². The van der Waals surface area contributed by atoms with Crippen molar-refractivity contribution < 1.29 is 18.7 Å². The fraction of sp³-hybridized carbons (Fsp3) is 0.133. The normalized spacial score (nSPS) is 10.3. The van der Waals surface area contributed by atoms with Crippen molar-refractivity contribution in [3.63, 3.8) is 0 Å². The molecule has 0 saturated heterocycles. The lowest BCUT2D eigenvalue weighted by Gasteiger charge is -2.11. The predicted molar refractivity (Wildman–Crippen MR) is 82.1 cm³/mol. The van der Waals surface area contributed by atoms with Gasteiger partial charge in [0.2, 0.25) is 0 Å². The van der Waals surface area contributed by atoms with Crippen LogP contribution in [0.4, 0.5) is 4.39 Å². The van der Waals surface area contributed by atoms with Crippen LogP contribution >= 0.6 is 27.5 Å². The third kappa shape index (κ3) is 3.19. The largest absolute Gasteiger partial charge is 0.493 e. The highest BCUT2D eigenvalue weighted by Gasteiger charge is 2.19. The number of ketones is 1. The Bertz CT molecular complexity index is 704. The fourth-order valence-electron chi connectivity index (χ4n) is 1.85. The Morgan fingerprint density at radius 3 is 2.29 bits per heavy atom. The van der Waals surface area contributed by atoms with Crippen molar-refractivity contribution in [2.24, 2.45) is 0 Å². The molecule has 0 atom stereocenters. The highest BCUT2D eigenvalue weighted by molar-refractivity contribution is 9.10. The molecule has 0 aliphatic rings. The Kier molecular flexibility index (Phi) is 4.85. The number of hydrogen-bond donors (Lipinski definition) is 0. The van der Waals surface area contributed by atoms with Gasteiger partial charge in [-0.3, -0.25) is 4.79 Å². The Labute approximate surface area is 134 Å². The summed E-state index contributed by atoms with van der Waals surface area (Å²) in [5, 5.41) is 0.232. The zero-order chi connectivity index (χ0) is 15.6. The number of benzene rings is 2. The van der Waals surface area contributed by atoms with Gasteiger partial charge in [-0.25, -0.2) is 4.39 Å². The molecule has 3 nitrogen and oxygen atoms in total. The molecule has 6 heteroatoms. The van der Waals surface area contributed by atoms with Crippen LogP contribution in [0.1, 0.15) is 15.9 Å². The average Bonchev–Trinajstić information content (AvgIpc) is 2.46. The van der Waals surface area contributed by atoms with Gasteiger partial charge < -0.3 is 9.47 Å². The summed E-state index contributed by atoms with van der Waals surface area (Å²) in [4.78, 5) is 12.5. The molecule has 0 radical (unpaired) electrons. The number of rotatable bonds is 4. The van der Waals surface area contributed by atoms with Gasteiger partial charge in [-0.2, -0.15) is 0 Å². The van der Waals surface area contributed by atoms with Gasteiger partial charge in [-0.15, -0.1) is 0 Å². The zero-order valence-corrected chi connectivity index (χ0v) is 13.6. The molecule has 21 heavy (non-hydrogen) atoms.